The van der Waals surface area contributed by atoms with E-state index < -0.39 is 0 Å². The minimum Gasteiger partial charge on any atom is -0.455 e. The standard InChI is InChI=1S/C16H11BrClNO/c17-9-12-5-6-13(18)8-16(12)20-14-7-11-3-1-2-4-15(11)19-10-14/h1-8,10H,9H2. The lowest BCUT2D eigenvalue weighted by Gasteiger charge is -2.10. The molecule has 2 aromatic carbocycles. The van der Waals surface area contributed by atoms with E-state index in [-0.39, 0.29) is 0 Å². The number of rotatable bonds is 3. The molecule has 0 aliphatic rings. The number of ether oxygens (including phenoxy) is 1. The molecule has 3 aromatic rings. The number of alkyl halides is 1. The molecule has 0 fully saturated rings. The van der Waals surface area contributed by atoms with Gasteiger partial charge in [0.25, 0.3) is 0 Å². The first-order valence-electron chi connectivity index (χ1n) is 6.13. The van der Waals surface area contributed by atoms with Gasteiger partial charge in [0, 0.05) is 21.3 Å². The van der Waals surface area contributed by atoms with Crippen molar-refractivity contribution in [3.63, 3.8) is 0 Å². The summed E-state index contributed by atoms with van der Waals surface area (Å²) in [5.41, 5.74) is 1.99. The molecule has 0 unspecified atom stereocenters. The third-order valence-corrected chi connectivity index (χ3v) is 3.81. The lowest BCUT2D eigenvalue weighted by molar-refractivity contribution is 0.477. The van der Waals surface area contributed by atoms with E-state index in [0.29, 0.717) is 16.1 Å². The van der Waals surface area contributed by atoms with Crippen molar-refractivity contribution < 1.29 is 4.74 Å². The molecule has 1 heterocycles. The molecule has 3 rings (SSSR count). The zero-order valence-corrected chi connectivity index (χ0v) is 12.9. The molecule has 4 heteroatoms. The summed E-state index contributed by atoms with van der Waals surface area (Å²) in [5, 5.41) is 2.41. The molecule has 0 atom stereocenters. The summed E-state index contributed by atoms with van der Waals surface area (Å²) in [7, 11) is 0. The normalized spacial score (nSPS) is 10.7. The fourth-order valence-corrected chi connectivity index (χ4v) is 2.59. The lowest BCUT2D eigenvalue weighted by atomic mass is 10.2. The van der Waals surface area contributed by atoms with E-state index in [1.807, 2.05) is 48.5 Å². The van der Waals surface area contributed by atoms with Crippen molar-refractivity contribution >= 4 is 38.4 Å². The molecule has 0 aliphatic heterocycles. The van der Waals surface area contributed by atoms with Crippen LogP contribution in [-0.4, -0.2) is 4.98 Å². The number of halogens is 2. The van der Waals surface area contributed by atoms with Crippen LogP contribution in [0.25, 0.3) is 10.9 Å². The van der Waals surface area contributed by atoms with Crippen molar-refractivity contribution in [2.24, 2.45) is 0 Å². The number of hydrogen-bond donors (Lipinski definition) is 0. The highest BCUT2D eigenvalue weighted by Gasteiger charge is 2.06. The summed E-state index contributed by atoms with van der Waals surface area (Å²) >= 11 is 9.47. The van der Waals surface area contributed by atoms with Crippen LogP contribution in [0.15, 0.2) is 54.7 Å². The van der Waals surface area contributed by atoms with Crippen molar-refractivity contribution in [3.8, 4) is 11.5 Å². The number of fused-ring (bicyclic) bond motifs is 1. The Hall–Kier alpha value is -1.58. The van der Waals surface area contributed by atoms with Crippen LogP contribution < -0.4 is 4.74 Å². The van der Waals surface area contributed by atoms with Crippen molar-refractivity contribution in [1.29, 1.82) is 0 Å². The van der Waals surface area contributed by atoms with Gasteiger partial charge in [0.15, 0.2) is 0 Å². The van der Waals surface area contributed by atoms with Crippen LogP contribution in [-0.2, 0) is 5.33 Å². The fourth-order valence-electron chi connectivity index (χ4n) is 1.97. The predicted octanol–water partition coefficient (Wildman–Crippen LogP) is 5.58. The summed E-state index contributed by atoms with van der Waals surface area (Å²) in [5.74, 6) is 1.44. The Morgan fingerprint density at radius 1 is 1.10 bits per heavy atom. The highest BCUT2D eigenvalue weighted by molar-refractivity contribution is 9.08. The molecule has 100 valence electrons. The second-order valence-corrected chi connectivity index (χ2v) is 5.35. The number of nitrogens with zero attached hydrogens (tertiary/aromatic N) is 1. The minimum absolute atomic E-state index is 0.651. The molecule has 0 N–H and O–H groups in total. The van der Waals surface area contributed by atoms with Gasteiger partial charge in [-0.1, -0.05) is 51.8 Å². The van der Waals surface area contributed by atoms with Gasteiger partial charge < -0.3 is 4.74 Å². The van der Waals surface area contributed by atoms with Crippen LogP contribution in [0.4, 0.5) is 0 Å². The smallest absolute Gasteiger partial charge is 0.146 e. The van der Waals surface area contributed by atoms with Crippen molar-refractivity contribution in [3.05, 3.63) is 65.3 Å². The fraction of sp³-hybridized carbons (Fsp3) is 0.0625. The molecular weight excluding hydrogens is 338 g/mol. The van der Waals surface area contributed by atoms with E-state index in [1.165, 1.54) is 0 Å². The number of aromatic nitrogens is 1. The van der Waals surface area contributed by atoms with Gasteiger partial charge in [-0.3, -0.25) is 4.98 Å². The average molecular weight is 349 g/mol. The molecule has 20 heavy (non-hydrogen) atoms. The predicted molar refractivity (Wildman–Crippen MR) is 85.9 cm³/mol. The number of pyridine rings is 1. The second-order valence-electron chi connectivity index (χ2n) is 4.35. The molecule has 0 saturated carbocycles. The topological polar surface area (TPSA) is 22.1 Å². The average Bonchev–Trinajstić information content (AvgIpc) is 2.47. The molecule has 2 nitrogen and oxygen atoms in total. The van der Waals surface area contributed by atoms with E-state index in [0.717, 1.165) is 22.2 Å². The van der Waals surface area contributed by atoms with Gasteiger partial charge in [0.2, 0.25) is 0 Å². The lowest BCUT2D eigenvalue weighted by Crippen LogP contribution is -1.90. The van der Waals surface area contributed by atoms with Gasteiger partial charge in [0.1, 0.15) is 11.5 Å². The first-order valence-corrected chi connectivity index (χ1v) is 7.63. The molecule has 0 aliphatic carbocycles. The molecule has 0 radical (unpaired) electrons. The first kappa shape index (κ1) is 13.4. The van der Waals surface area contributed by atoms with E-state index >= 15 is 0 Å². The highest BCUT2D eigenvalue weighted by atomic mass is 79.9. The third-order valence-electron chi connectivity index (χ3n) is 2.97. The zero-order valence-electron chi connectivity index (χ0n) is 10.5. The highest BCUT2D eigenvalue weighted by Crippen LogP contribution is 2.30. The van der Waals surface area contributed by atoms with Crippen molar-refractivity contribution in [2.75, 3.05) is 0 Å². The van der Waals surface area contributed by atoms with Gasteiger partial charge >= 0.3 is 0 Å². The first-order chi connectivity index (χ1) is 9.76. The van der Waals surface area contributed by atoms with E-state index in [9.17, 15) is 0 Å². The van der Waals surface area contributed by atoms with Gasteiger partial charge in [-0.05, 0) is 24.3 Å². The number of hydrogen-bond acceptors (Lipinski definition) is 2. The molecule has 0 saturated heterocycles. The Balaban J connectivity index is 1.98. The van der Waals surface area contributed by atoms with Crippen molar-refractivity contribution in [2.45, 2.75) is 5.33 Å². The van der Waals surface area contributed by atoms with Crippen LogP contribution in [0.1, 0.15) is 5.56 Å². The monoisotopic (exact) mass is 347 g/mol. The maximum absolute atomic E-state index is 6.02. The Labute approximate surface area is 130 Å². The van der Waals surface area contributed by atoms with Gasteiger partial charge in [-0.15, -0.1) is 0 Å². The summed E-state index contributed by atoms with van der Waals surface area (Å²) in [6, 6.07) is 15.5. The molecular formula is C16H11BrClNO. The quantitative estimate of drug-likeness (QED) is 0.577. The van der Waals surface area contributed by atoms with Crippen molar-refractivity contribution in [1.82, 2.24) is 4.98 Å². The Morgan fingerprint density at radius 3 is 2.80 bits per heavy atom. The van der Waals surface area contributed by atoms with Gasteiger partial charge in [-0.25, -0.2) is 0 Å². The van der Waals surface area contributed by atoms with Crippen LogP contribution in [0, 0.1) is 0 Å². The Kier molecular flexibility index (Phi) is 3.90. The van der Waals surface area contributed by atoms with E-state index in [2.05, 4.69) is 20.9 Å². The van der Waals surface area contributed by atoms with Gasteiger partial charge in [-0.2, -0.15) is 0 Å². The van der Waals surface area contributed by atoms with Gasteiger partial charge in [0.05, 0.1) is 11.7 Å². The zero-order chi connectivity index (χ0) is 13.9. The number of benzene rings is 2. The van der Waals surface area contributed by atoms with Crippen LogP contribution in [0.2, 0.25) is 5.02 Å². The molecule has 0 spiro atoms. The minimum atomic E-state index is 0.651. The maximum Gasteiger partial charge on any atom is 0.146 e. The Morgan fingerprint density at radius 2 is 1.95 bits per heavy atom. The molecule has 0 amide bonds. The van der Waals surface area contributed by atoms with Crippen LogP contribution >= 0.6 is 27.5 Å². The van der Waals surface area contributed by atoms with E-state index in [1.54, 1.807) is 6.20 Å². The maximum atomic E-state index is 6.02. The summed E-state index contributed by atoms with van der Waals surface area (Å²) in [4.78, 5) is 4.39. The largest absolute Gasteiger partial charge is 0.455 e. The summed E-state index contributed by atoms with van der Waals surface area (Å²) in [6.45, 7) is 0. The molecule has 0 bridgehead atoms. The summed E-state index contributed by atoms with van der Waals surface area (Å²) < 4.78 is 5.91. The van der Waals surface area contributed by atoms with Crippen LogP contribution in [0.3, 0.4) is 0 Å². The number of para-hydroxylation sites is 1. The summed E-state index contributed by atoms with van der Waals surface area (Å²) in [6.07, 6.45) is 1.72. The molecule has 1 aromatic heterocycles. The third kappa shape index (κ3) is 2.79. The second kappa shape index (κ2) is 5.81. The SMILES string of the molecule is Clc1ccc(CBr)c(Oc2cnc3ccccc3c2)c1. The van der Waals surface area contributed by atoms with E-state index in [4.69, 9.17) is 16.3 Å². The van der Waals surface area contributed by atoms with Crippen LogP contribution in [0.5, 0.6) is 11.5 Å². The Bertz CT molecular complexity index is 760.